The van der Waals surface area contributed by atoms with Gasteiger partial charge in [0, 0.05) is 0 Å². The third-order valence-corrected chi connectivity index (χ3v) is 1.41. The molecule has 0 heterocycles. The van der Waals surface area contributed by atoms with Crippen molar-refractivity contribution in [3.8, 4) is 5.75 Å². The van der Waals surface area contributed by atoms with Crippen molar-refractivity contribution in [1.29, 1.82) is 0 Å². The van der Waals surface area contributed by atoms with Crippen LogP contribution in [0.3, 0.4) is 0 Å². The Bertz CT molecular complexity index is 246. The summed E-state index contributed by atoms with van der Waals surface area (Å²) < 4.78 is 4.94. The van der Waals surface area contributed by atoms with Gasteiger partial charge in [0.05, 0.1) is 12.9 Å². The zero-order valence-electron chi connectivity index (χ0n) is 10.0. The molecule has 5 heteroatoms. The van der Waals surface area contributed by atoms with Crippen LogP contribution in [0.2, 0.25) is 0 Å². The van der Waals surface area contributed by atoms with Gasteiger partial charge in [0.2, 0.25) is 0 Å². The molecule has 0 saturated carbocycles. The van der Waals surface area contributed by atoms with Crippen LogP contribution in [0.15, 0.2) is 29.2 Å². The van der Waals surface area contributed by atoms with E-state index in [1.165, 1.54) is 5.92 Å². The molecule has 92 valence electrons. The van der Waals surface area contributed by atoms with E-state index in [-0.39, 0.29) is 52.5 Å². The van der Waals surface area contributed by atoms with Crippen molar-refractivity contribution in [2.24, 2.45) is 0 Å². The summed E-state index contributed by atoms with van der Waals surface area (Å²) in [6, 6.07) is 7.48. The molecule has 1 rings (SSSR count). The zero-order chi connectivity index (χ0) is 10.3. The predicted octanol–water partition coefficient (Wildman–Crippen LogP) is -0.158. The van der Waals surface area contributed by atoms with Crippen molar-refractivity contribution in [2.45, 2.75) is 25.7 Å². The molecule has 0 fully saturated rings. The van der Waals surface area contributed by atoms with Crippen molar-refractivity contribution in [2.75, 3.05) is 7.11 Å². The first-order chi connectivity index (χ1) is 6.07. The Morgan fingerprint density at radius 1 is 1.12 bits per heavy atom. The first-order valence-electron chi connectivity index (χ1n) is 4.14. The average molecular weight is 320 g/mol. The number of benzene rings is 1. The molecule has 0 N–H and O–H groups in total. The monoisotopic (exact) mass is 318 g/mol. The molecular formula is C11H16ClCuMgOS. The normalized spacial score (nSPS) is 7.31. The zero-order valence-corrected chi connectivity index (χ0v) is 13.9. The molecule has 1 aromatic carbocycles. The molecule has 0 unspecified atom stereocenters. The van der Waals surface area contributed by atoms with Gasteiger partial charge >= 0.3 is 40.1 Å². The summed E-state index contributed by atoms with van der Waals surface area (Å²) in [5.74, 6) is 2.19. The molecule has 0 atom stereocenters. The van der Waals surface area contributed by atoms with Crippen LogP contribution >= 0.6 is 0 Å². The van der Waals surface area contributed by atoms with Crippen molar-refractivity contribution < 1.29 is 34.2 Å². The van der Waals surface area contributed by atoms with Gasteiger partial charge < -0.3 is 35.7 Å². The van der Waals surface area contributed by atoms with E-state index in [0.29, 0.717) is 0 Å². The van der Waals surface area contributed by atoms with Gasteiger partial charge in [0.1, 0.15) is 0 Å². The quantitative estimate of drug-likeness (QED) is 0.404. The van der Waals surface area contributed by atoms with Gasteiger partial charge in [-0.05, 0) is 6.07 Å². The minimum Gasteiger partial charge on any atom is -1.00 e. The van der Waals surface area contributed by atoms with Gasteiger partial charge in [-0.2, -0.15) is 20.8 Å². The van der Waals surface area contributed by atoms with Gasteiger partial charge in [-0.3, -0.25) is 0 Å². The minimum absolute atomic E-state index is 0. The van der Waals surface area contributed by atoms with E-state index in [0.717, 1.165) is 10.6 Å². The topological polar surface area (TPSA) is 9.23 Å². The fraction of sp³-hybridized carbons (Fsp3) is 0.364. The number of hydrogen-bond acceptors (Lipinski definition) is 2. The average Bonchev–Trinajstić information content (AvgIpc) is 2.04. The molecule has 0 spiro atoms. The van der Waals surface area contributed by atoms with Crippen molar-refractivity contribution in [3.05, 3.63) is 30.2 Å². The van der Waals surface area contributed by atoms with E-state index in [1.54, 1.807) is 7.11 Å². The summed E-state index contributed by atoms with van der Waals surface area (Å²) >= 11 is 4.93. The van der Waals surface area contributed by atoms with E-state index < -0.39 is 0 Å². The van der Waals surface area contributed by atoms with Crippen LogP contribution in [0.4, 0.5) is 0 Å². The largest absolute Gasteiger partial charge is 2.00 e. The molecule has 16 heavy (non-hydrogen) atoms. The second-order valence-corrected chi connectivity index (χ2v) is 3.59. The smallest absolute Gasteiger partial charge is 1.00 e. The van der Waals surface area contributed by atoms with Crippen LogP contribution in [0, 0.1) is 5.92 Å². The van der Waals surface area contributed by atoms with E-state index in [4.69, 9.17) is 17.4 Å². The van der Waals surface area contributed by atoms with Gasteiger partial charge in [0.15, 0.2) is 0 Å². The van der Waals surface area contributed by atoms with E-state index in [9.17, 15) is 0 Å². The molecule has 1 nitrogen and oxygen atoms in total. The first-order valence-corrected chi connectivity index (χ1v) is 4.55. The second-order valence-electron chi connectivity index (χ2n) is 3.15. The maximum Gasteiger partial charge on any atom is 2.00 e. The standard InChI is InChI=1S/C7H8OS.C4H9.ClH.Cu.Mg/c1-8-6-4-2-3-5-7(6)9;1-4(2)3;;;/h2-5,9H,1H3;1-3H3;1H;;/q;-1;;+1;+2/p-2. The molecule has 0 aliphatic carbocycles. The maximum atomic E-state index is 4.94. The summed E-state index contributed by atoms with van der Waals surface area (Å²) in [5.41, 5.74) is 0. The van der Waals surface area contributed by atoms with Crippen LogP contribution in [-0.2, 0) is 29.7 Å². The molecule has 0 aliphatic heterocycles. The molecule has 0 amide bonds. The first kappa shape index (κ1) is 25.6. The van der Waals surface area contributed by atoms with Gasteiger partial charge in [-0.25, -0.2) is 0 Å². The Morgan fingerprint density at radius 2 is 1.50 bits per heavy atom. The van der Waals surface area contributed by atoms with Gasteiger partial charge in [-0.1, -0.05) is 18.2 Å². The molecule has 0 radical (unpaired) electrons. The third kappa shape index (κ3) is 14.8. The van der Waals surface area contributed by atoms with E-state index in [2.05, 4.69) is 20.8 Å². The number of hydrogen-bond donors (Lipinski definition) is 0. The summed E-state index contributed by atoms with van der Waals surface area (Å²) in [4.78, 5) is 0.764. The molecule has 1 aromatic rings. The van der Waals surface area contributed by atoms with Gasteiger partial charge in [0.25, 0.3) is 0 Å². The van der Waals surface area contributed by atoms with Gasteiger partial charge in [-0.15, -0.1) is 4.90 Å². The fourth-order valence-electron chi connectivity index (χ4n) is 0.619. The van der Waals surface area contributed by atoms with Crippen LogP contribution < -0.4 is 17.1 Å². The van der Waals surface area contributed by atoms with Crippen LogP contribution in [0.25, 0.3) is 0 Å². The van der Waals surface area contributed by atoms with Crippen LogP contribution in [0.1, 0.15) is 20.8 Å². The van der Waals surface area contributed by atoms with Crippen molar-refractivity contribution in [1.82, 2.24) is 0 Å². The number of para-hydroxylation sites is 1. The van der Waals surface area contributed by atoms with E-state index >= 15 is 0 Å². The second kappa shape index (κ2) is 15.8. The van der Waals surface area contributed by atoms with E-state index in [1.807, 2.05) is 24.3 Å². The summed E-state index contributed by atoms with van der Waals surface area (Å²) in [7, 11) is 1.62. The summed E-state index contributed by atoms with van der Waals surface area (Å²) in [5, 5.41) is 0. The van der Waals surface area contributed by atoms with Crippen molar-refractivity contribution >= 4 is 35.7 Å². The third-order valence-electron chi connectivity index (χ3n) is 1.07. The van der Waals surface area contributed by atoms with Crippen LogP contribution in [0.5, 0.6) is 5.75 Å². The number of rotatable bonds is 1. The van der Waals surface area contributed by atoms with Crippen LogP contribution in [-0.4, -0.2) is 30.2 Å². The Hall–Kier alpha value is 0.816. The Labute approximate surface area is 138 Å². The molecule has 0 aromatic heterocycles. The molecule has 0 bridgehead atoms. The molecule has 0 saturated heterocycles. The number of ether oxygens (including phenoxy) is 1. The van der Waals surface area contributed by atoms with Crippen molar-refractivity contribution in [3.63, 3.8) is 0 Å². The SMILES string of the molecule is COc1ccccc1[S-].C[C-](C)C.[Cl-].[Cu+].[Mg+2]. The number of halogens is 1. The minimum atomic E-state index is 0. The molecular weight excluding hydrogens is 303 g/mol. The summed E-state index contributed by atoms with van der Waals surface area (Å²) in [6.07, 6.45) is 0. The Kier molecular flexibility index (Phi) is 25.3. The fourth-order valence-corrected chi connectivity index (χ4v) is 0.849. The number of methoxy groups -OCH3 is 1. The molecule has 0 aliphatic rings. The summed E-state index contributed by atoms with van der Waals surface area (Å²) in [6.45, 7) is 6.25. The maximum absolute atomic E-state index is 4.94. The Morgan fingerprint density at radius 3 is 1.75 bits per heavy atom. The Balaban J connectivity index is -0.0000000921. The predicted molar refractivity (Wildman–Crippen MR) is 64.6 cm³/mol.